The molecule has 0 aromatic heterocycles. The second-order valence-corrected chi connectivity index (χ2v) is 4.87. The molecule has 96 valence electrons. The van der Waals surface area contributed by atoms with E-state index < -0.39 is 17.8 Å². The van der Waals surface area contributed by atoms with Crippen LogP contribution in [0.3, 0.4) is 0 Å². The molecule has 0 aromatic carbocycles. The van der Waals surface area contributed by atoms with Gasteiger partial charge in [-0.3, -0.25) is 14.4 Å². The van der Waals surface area contributed by atoms with Gasteiger partial charge in [0.1, 0.15) is 11.7 Å². The van der Waals surface area contributed by atoms with Gasteiger partial charge in [-0.25, -0.2) is 0 Å². The van der Waals surface area contributed by atoms with Gasteiger partial charge in [0.2, 0.25) is 0 Å². The van der Waals surface area contributed by atoms with Crippen molar-refractivity contribution in [2.24, 2.45) is 17.8 Å². The van der Waals surface area contributed by atoms with E-state index in [1.807, 2.05) is 0 Å². The van der Waals surface area contributed by atoms with Crippen molar-refractivity contribution in [1.29, 1.82) is 0 Å². The minimum Gasteiger partial charge on any atom is -0.468 e. The number of nitrogens with zero attached hydrogens (tertiary/aromatic N) is 1. The first-order chi connectivity index (χ1) is 7.88. The van der Waals surface area contributed by atoms with E-state index in [9.17, 15) is 14.4 Å². The van der Waals surface area contributed by atoms with Crippen LogP contribution in [0.2, 0.25) is 0 Å². The highest BCUT2D eigenvalue weighted by Crippen LogP contribution is 2.29. The van der Waals surface area contributed by atoms with Gasteiger partial charge in [-0.05, 0) is 20.0 Å². The molecule has 3 atom stereocenters. The Labute approximate surface area is 101 Å². The number of ether oxygens (including phenoxy) is 1. The molecule has 0 N–H and O–H groups in total. The molecule has 0 aromatic rings. The zero-order valence-corrected chi connectivity index (χ0v) is 10.7. The number of Topliss-reactive ketones (excluding diaryl/α,β-unsaturated/α-hetero) is 2. The second kappa shape index (κ2) is 5.40. The standard InChI is InChI=1S/C12H19NO4/c1-7-5-9(14)8(6-13(2)3)11(15)10(7)12(16)17-4/h7-8,10H,5-6H2,1-4H3/t7-,8-,10+/m1/s1. The Morgan fingerprint density at radius 2 is 2.00 bits per heavy atom. The monoisotopic (exact) mass is 241 g/mol. The quantitative estimate of drug-likeness (QED) is 0.519. The summed E-state index contributed by atoms with van der Waals surface area (Å²) in [6.45, 7) is 2.10. The minimum absolute atomic E-state index is 0.0728. The Morgan fingerprint density at radius 3 is 2.47 bits per heavy atom. The lowest BCUT2D eigenvalue weighted by Gasteiger charge is -2.31. The molecule has 1 aliphatic carbocycles. The molecule has 1 aliphatic rings. The number of hydrogen-bond donors (Lipinski definition) is 0. The van der Waals surface area contributed by atoms with Gasteiger partial charge in [0.25, 0.3) is 0 Å². The molecule has 0 aliphatic heterocycles. The lowest BCUT2D eigenvalue weighted by molar-refractivity contribution is -0.156. The Bertz CT molecular complexity index is 337. The Kier molecular flexibility index (Phi) is 4.40. The molecule has 1 saturated carbocycles. The van der Waals surface area contributed by atoms with Gasteiger partial charge in [0.15, 0.2) is 5.78 Å². The van der Waals surface area contributed by atoms with Crippen molar-refractivity contribution < 1.29 is 19.1 Å². The summed E-state index contributed by atoms with van der Waals surface area (Å²) < 4.78 is 4.63. The highest BCUT2D eigenvalue weighted by molar-refractivity contribution is 6.12. The summed E-state index contributed by atoms with van der Waals surface area (Å²) in [6.07, 6.45) is 0.268. The summed E-state index contributed by atoms with van der Waals surface area (Å²) in [5, 5.41) is 0. The molecule has 0 heterocycles. The normalized spacial score (nSPS) is 29.6. The molecule has 0 spiro atoms. The number of methoxy groups -OCH3 is 1. The molecule has 0 saturated heterocycles. The summed E-state index contributed by atoms with van der Waals surface area (Å²) in [7, 11) is 4.86. The maximum absolute atomic E-state index is 12.1. The van der Waals surface area contributed by atoms with Crippen LogP contribution in [0.4, 0.5) is 0 Å². The smallest absolute Gasteiger partial charge is 0.316 e. The number of rotatable bonds is 3. The zero-order valence-electron chi connectivity index (χ0n) is 10.7. The van der Waals surface area contributed by atoms with Crippen molar-refractivity contribution in [3.63, 3.8) is 0 Å². The fraction of sp³-hybridized carbons (Fsp3) is 0.750. The van der Waals surface area contributed by atoms with Crippen LogP contribution in [0.5, 0.6) is 0 Å². The van der Waals surface area contributed by atoms with Gasteiger partial charge in [0.05, 0.1) is 13.0 Å². The van der Waals surface area contributed by atoms with Crippen molar-refractivity contribution in [2.75, 3.05) is 27.7 Å². The topological polar surface area (TPSA) is 63.7 Å². The van der Waals surface area contributed by atoms with Crippen LogP contribution in [-0.2, 0) is 19.1 Å². The van der Waals surface area contributed by atoms with Crippen LogP contribution in [0.1, 0.15) is 13.3 Å². The molecule has 0 bridgehead atoms. The summed E-state index contributed by atoms with van der Waals surface area (Å²) in [6, 6.07) is 0. The highest BCUT2D eigenvalue weighted by Gasteiger charge is 2.45. The summed E-state index contributed by atoms with van der Waals surface area (Å²) >= 11 is 0. The van der Waals surface area contributed by atoms with E-state index >= 15 is 0 Å². The van der Waals surface area contributed by atoms with E-state index in [-0.39, 0.29) is 23.9 Å². The van der Waals surface area contributed by atoms with E-state index in [4.69, 9.17) is 0 Å². The summed E-state index contributed by atoms with van der Waals surface area (Å²) in [4.78, 5) is 37.3. The van der Waals surface area contributed by atoms with Gasteiger partial charge in [0, 0.05) is 13.0 Å². The predicted octanol–water partition coefficient (Wildman–Crippen LogP) is 0.131. The van der Waals surface area contributed by atoms with Gasteiger partial charge in [-0.15, -0.1) is 0 Å². The van der Waals surface area contributed by atoms with Gasteiger partial charge >= 0.3 is 5.97 Å². The van der Waals surface area contributed by atoms with Crippen molar-refractivity contribution in [1.82, 2.24) is 4.90 Å². The summed E-state index contributed by atoms with van der Waals surface area (Å²) in [5.41, 5.74) is 0. The third kappa shape index (κ3) is 2.91. The van der Waals surface area contributed by atoms with E-state index in [0.29, 0.717) is 6.54 Å². The molecule has 17 heavy (non-hydrogen) atoms. The number of carbonyl (C=O) groups excluding carboxylic acids is 3. The van der Waals surface area contributed by atoms with Crippen molar-refractivity contribution in [3.8, 4) is 0 Å². The zero-order chi connectivity index (χ0) is 13.2. The van der Waals surface area contributed by atoms with E-state index in [1.165, 1.54) is 7.11 Å². The lowest BCUT2D eigenvalue weighted by Crippen LogP contribution is -2.47. The van der Waals surface area contributed by atoms with Gasteiger partial charge in [-0.2, -0.15) is 0 Å². The maximum Gasteiger partial charge on any atom is 0.316 e. The van der Waals surface area contributed by atoms with E-state index in [1.54, 1.807) is 25.9 Å². The first-order valence-electron chi connectivity index (χ1n) is 5.67. The molecule has 0 unspecified atom stereocenters. The van der Waals surface area contributed by atoms with Crippen LogP contribution in [0, 0.1) is 17.8 Å². The van der Waals surface area contributed by atoms with E-state index in [0.717, 1.165) is 0 Å². The second-order valence-electron chi connectivity index (χ2n) is 4.87. The molecular weight excluding hydrogens is 222 g/mol. The molecular formula is C12H19NO4. The molecule has 0 radical (unpaired) electrons. The SMILES string of the molecule is COC(=O)[C@@H]1C(=O)[C@H](CN(C)C)C(=O)C[C@H]1C. The fourth-order valence-corrected chi connectivity index (χ4v) is 2.27. The average Bonchev–Trinajstić information content (AvgIpc) is 2.23. The first kappa shape index (κ1) is 13.8. The summed E-state index contributed by atoms with van der Waals surface area (Å²) in [5.74, 6) is -2.64. The number of hydrogen-bond acceptors (Lipinski definition) is 5. The van der Waals surface area contributed by atoms with Crippen molar-refractivity contribution in [2.45, 2.75) is 13.3 Å². The third-order valence-electron chi connectivity index (χ3n) is 3.13. The van der Waals surface area contributed by atoms with Crippen LogP contribution in [0.25, 0.3) is 0 Å². The van der Waals surface area contributed by atoms with Gasteiger partial charge < -0.3 is 9.64 Å². The Hall–Kier alpha value is -1.23. The van der Waals surface area contributed by atoms with Crippen LogP contribution >= 0.6 is 0 Å². The predicted molar refractivity (Wildman–Crippen MR) is 61.3 cm³/mol. The maximum atomic E-state index is 12.1. The molecule has 5 nitrogen and oxygen atoms in total. The lowest BCUT2D eigenvalue weighted by atomic mass is 9.73. The molecule has 1 fully saturated rings. The largest absolute Gasteiger partial charge is 0.468 e. The Morgan fingerprint density at radius 1 is 1.41 bits per heavy atom. The first-order valence-corrected chi connectivity index (χ1v) is 5.67. The van der Waals surface area contributed by atoms with Crippen LogP contribution < -0.4 is 0 Å². The van der Waals surface area contributed by atoms with E-state index in [2.05, 4.69) is 4.74 Å². The number of carbonyl (C=O) groups is 3. The Balaban J connectivity index is 2.91. The fourth-order valence-electron chi connectivity index (χ4n) is 2.27. The van der Waals surface area contributed by atoms with Crippen molar-refractivity contribution in [3.05, 3.63) is 0 Å². The highest BCUT2D eigenvalue weighted by atomic mass is 16.5. The molecule has 0 amide bonds. The average molecular weight is 241 g/mol. The van der Waals surface area contributed by atoms with Crippen molar-refractivity contribution >= 4 is 17.5 Å². The minimum atomic E-state index is -0.789. The number of esters is 1. The van der Waals surface area contributed by atoms with Gasteiger partial charge in [-0.1, -0.05) is 6.92 Å². The van der Waals surface area contributed by atoms with Crippen LogP contribution in [0.15, 0.2) is 0 Å². The third-order valence-corrected chi connectivity index (χ3v) is 3.13. The van der Waals surface area contributed by atoms with Crippen LogP contribution in [-0.4, -0.2) is 50.2 Å². The number of ketones is 2. The molecule has 5 heteroatoms. The molecule has 1 rings (SSSR count).